The third-order valence-corrected chi connectivity index (χ3v) is 5.31. The average Bonchev–Trinajstić information content (AvgIpc) is 2.83. The number of nitrogens with zero attached hydrogens (tertiary/aromatic N) is 2. The van der Waals surface area contributed by atoms with Crippen LogP contribution in [0.5, 0.6) is 0 Å². The molecule has 2 rings (SSSR count). The fourth-order valence-corrected chi connectivity index (χ4v) is 3.77. The molecule has 0 aliphatic carbocycles. The Morgan fingerprint density at radius 3 is 2.52 bits per heavy atom. The van der Waals surface area contributed by atoms with Crippen molar-refractivity contribution in [3.63, 3.8) is 0 Å². The number of amides is 1. The molecule has 1 atom stereocenters. The topological polar surface area (TPSA) is 81.1 Å². The van der Waals surface area contributed by atoms with Crippen LogP contribution < -0.4 is 5.32 Å². The van der Waals surface area contributed by atoms with Gasteiger partial charge < -0.3 is 5.32 Å². The van der Waals surface area contributed by atoms with E-state index < -0.39 is 15.9 Å². The largest absolute Gasteiger partial charge is 0.352 e. The van der Waals surface area contributed by atoms with E-state index in [9.17, 15) is 13.2 Å². The summed E-state index contributed by atoms with van der Waals surface area (Å²) >= 11 is 0. The van der Waals surface area contributed by atoms with Gasteiger partial charge in [-0.15, -0.1) is 0 Å². The van der Waals surface area contributed by atoms with Crippen LogP contribution in [-0.2, 0) is 28.1 Å². The van der Waals surface area contributed by atoms with Crippen LogP contribution in [0, 0.1) is 6.92 Å². The highest BCUT2D eigenvalue weighted by atomic mass is 32.2. The highest BCUT2D eigenvalue weighted by Crippen LogP contribution is 2.13. The number of rotatable bonds is 6. The molecule has 1 heterocycles. The lowest BCUT2D eigenvalue weighted by molar-refractivity contribution is -0.120. The Labute approximate surface area is 136 Å². The van der Waals surface area contributed by atoms with Crippen LogP contribution in [0.15, 0.2) is 41.6 Å². The summed E-state index contributed by atoms with van der Waals surface area (Å²) in [4.78, 5) is 12.2. The molecule has 0 unspecified atom stereocenters. The summed E-state index contributed by atoms with van der Waals surface area (Å²) in [6.07, 6.45) is 3.56. The first-order valence-electron chi connectivity index (χ1n) is 7.32. The van der Waals surface area contributed by atoms with E-state index in [1.54, 1.807) is 55.3 Å². The van der Waals surface area contributed by atoms with Crippen molar-refractivity contribution in [1.29, 1.82) is 0 Å². The maximum atomic E-state index is 12.3. The molecule has 0 saturated carbocycles. The highest BCUT2D eigenvalue weighted by Gasteiger charge is 2.19. The van der Waals surface area contributed by atoms with E-state index in [-0.39, 0.29) is 23.0 Å². The van der Waals surface area contributed by atoms with E-state index in [0.29, 0.717) is 0 Å². The van der Waals surface area contributed by atoms with Gasteiger partial charge in [-0.1, -0.05) is 17.7 Å². The number of hydrogen-bond acceptors (Lipinski definition) is 4. The van der Waals surface area contributed by atoms with E-state index in [1.165, 1.54) is 0 Å². The van der Waals surface area contributed by atoms with Gasteiger partial charge in [-0.2, -0.15) is 5.10 Å². The molecule has 0 aliphatic heterocycles. The fraction of sp³-hybridized carbons (Fsp3) is 0.375. The lowest BCUT2D eigenvalue weighted by atomic mass is 10.2. The van der Waals surface area contributed by atoms with Crippen LogP contribution in [0.4, 0.5) is 0 Å². The number of carbonyl (C=O) groups is 1. The number of aryl methyl sites for hydroxylation is 2. The Bertz CT molecular complexity index is 779. The summed E-state index contributed by atoms with van der Waals surface area (Å²) < 4.78 is 26.3. The summed E-state index contributed by atoms with van der Waals surface area (Å²) in [5.41, 5.74) is 1.79. The lowest BCUT2D eigenvalue weighted by Gasteiger charge is -2.14. The van der Waals surface area contributed by atoms with Crippen molar-refractivity contribution >= 4 is 15.7 Å². The molecule has 0 radical (unpaired) electrons. The van der Waals surface area contributed by atoms with Gasteiger partial charge in [0.25, 0.3) is 0 Å². The SMILES string of the molecule is Cc1ccc(S(=O)(=O)C[C@@H](C)NC(=O)Cc2cnn(C)c2)cc1. The molecular weight excluding hydrogens is 314 g/mol. The Morgan fingerprint density at radius 1 is 1.30 bits per heavy atom. The van der Waals surface area contributed by atoms with Crippen LogP contribution in [0.2, 0.25) is 0 Å². The standard InChI is InChI=1S/C16H21N3O3S/c1-12-4-6-15(7-5-12)23(21,22)11-13(2)18-16(20)8-14-9-17-19(3)10-14/h4-7,9-10,13H,8,11H2,1-3H3,(H,18,20)/t13-/m1/s1. The number of sulfone groups is 1. The molecule has 1 amide bonds. The second-order valence-electron chi connectivity index (χ2n) is 5.76. The molecule has 2 aromatic rings. The summed E-state index contributed by atoms with van der Waals surface area (Å²) in [5, 5.41) is 6.72. The number of hydrogen-bond donors (Lipinski definition) is 1. The van der Waals surface area contributed by atoms with Crippen molar-refractivity contribution in [3.05, 3.63) is 47.8 Å². The van der Waals surface area contributed by atoms with Crippen LogP contribution in [0.25, 0.3) is 0 Å². The third kappa shape index (κ3) is 4.92. The molecule has 0 aliphatic rings. The number of carbonyl (C=O) groups excluding carboxylic acids is 1. The lowest BCUT2D eigenvalue weighted by Crippen LogP contribution is -2.38. The Balaban J connectivity index is 1.94. The van der Waals surface area contributed by atoms with Gasteiger partial charge in [0.2, 0.25) is 5.91 Å². The van der Waals surface area contributed by atoms with Crippen LogP contribution in [-0.4, -0.2) is 35.9 Å². The van der Waals surface area contributed by atoms with E-state index in [1.807, 2.05) is 6.92 Å². The quantitative estimate of drug-likeness (QED) is 0.861. The second kappa shape index (κ2) is 6.95. The molecule has 0 saturated heterocycles. The first kappa shape index (κ1) is 17.2. The van der Waals surface area contributed by atoms with Gasteiger partial charge in [-0.3, -0.25) is 9.48 Å². The fourth-order valence-electron chi connectivity index (χ4n) is 2.29. The van der Waals surface area contributed by atoms with Gasteiger partial charge >= 0.3 is 0 Å². The van der Waals surface area contributed by atoms with Crippen molar-refractivity contribution in [3.8, 4) is 0 Å². The smallest absolute Gasteiger partial charge is 0.224 e. The van der Waals surface area contributed by atoms with Crippen molar-refractivity contribution in [2.75, 3.05) is 5.75 Å². The molecule has 1 aromatic carbocycles. The second-order valence-corrected chi connectivity index (χ2v) is 7.80. The Hall–Kier alpha value is -2.15. The van der Waals surface area contributed by atoms with Crippen molar-refractivity contribution in [2.45, 2.75) is 31.2 Å². The number of benzene rings is 1. The minimum atomic E-state index is -3.42. The van der Waals surface area contributed by atoms with Gasteiger partial charge in [0, 0.05) is 19.3 Å². The molecule has 124 valence electrons. The van der Waals surface area contributed by atoms with Gasteiger partial charge in [0.15, 0.2) is 9.84 Å². The monoisotopic (exact) mass is 335 g/mol. The molecule has 1 N–H and O–H groups in total. The molecule has 1 aromatic heterocycles. The minimum absolute atomic E-state index is 0.130. The maximum Gasteiger partial charge on any atom is 0.224 e. The predicted octanol–water partition coefficient (Wildman–Crippen LogP) is 1.25. The summed E-state index contributed by atoms with van der Waals surface area (Å²) in [6.45, 7) is 3.59. The molecule has 0 bridgehead atoms. The molecule has 0 spiro atoms. The first-order valence-corrected chi connectivity index (χ1v) is 8.98. The van der Waals surface area contributed by atoms with Gasteiger partial charge in [-0.05, 0) is 31.5 Å². The average molecular weight is 335 g/mol. The normalized spacial score (nSPS) is 12.8. The van der Waals surface area contributed by atoms with E-state index in [0.717, 1.165) is 11.1 Å². The zero-order chi connectivity index (χ0) is 17.0. The zero-order valence-electron chi connectivity index (χ0n) is 13.5. The van der Waals surface area contributed by atoms with Crippen molar-refractivity contribution < 1.29 is 13.2 Å². The number of aromatic nitrogens is 2. The summed E-state index contributed by atoms with van der Waals surface area (Å²) in [6, 6.07) is 6.24. The van der Waals surface area contributed by atoms with Crippen LogP contribution in [0.1, 0.15) is 18.1 Å². The molecule has 23 heavy (non-hydrogen) atoms. The van der Waals surface area contributed by atoms with Gasteiger partial charge in [-0.25, -0.2) is 8.42 Å². The van der Waals surface area contributed by atoms with Gasteiger partial charge in [0.05, 0.1) is 23.3 Å². The van der Waals surface area contributed by atoms with E-state index in [2.05, 4.69) is 10.4 Å². The molecule has 0 fully saturated rings. The highest BCUT2D eigenvalue weighted by molar-refractivity contribution is 7.91. The first-order chi connectivity index (χ1) is 10.8. The number of nitrogens with one attached hydrogen (secondary N) is 1. The van der Waals surface area contributed by atoms with Crippen LogP contribution in [0.3, 0.4) is 0 Å². The van der Waals surface area contributed by atoms with E-state index >= 15 is 0 Å². The maximum absolute atomic E-state index is 12.3. The predicted molar refractivity (Wildman–Crippen MR) is 87.7 cm³/mol. The summed E-state index contributed by atoms with van der Waals surface area (Å²) in [7, 11) is -1.65. The van der Waals surface area contributed by atoms with Crippen molar-refractivity contribution in [1.82, 2.24) is 15.1 Å². The molecule has 6 nitrogen and oxygen atoms in total. The zero-order valence-corrected chi connectivity index (χ0v) is 14.3. The Morgan fingerprint density at radius 2 is 1.96 bits per heavy atom. The van der Waals surface area contributed by atoms with E-state index in [4.69, 9.17) is 0 Å². The Kier molecular flexibility index (Phi) is 5.20. The molecular formula is C16H21N3O3S. The third-order valence-electron chi connectivity index (χ3n) is 3.38. The summed E-state index contributed by atoms with van der Waals surface area (Å²) in [5.74, 6) is -0.348. The van der Waals surface area contributed by atoms with Gasteiger partial charge in [0.1, 0.15) is 0 Å². The van der Waals surface area contributed by atoms with Crippen LogP contribution >= 0.6 is 0 Å². The van der Waals surface area contributed by atoms with Crippen molar-refractivity contribution in [2.24, 2.45) is 7.05 Å². The minimum Gasteiger partial charge on any atom is -0.352 e. The molecule has 7 heteroatoms.